The molecular weight excluding hydrogens is 384 g/mol. The zero-order chi connectivity index (χ0) is 22.0. The van der Waals surface area contributed by atoms with Gasteiger partial charge in [-0.2, -0.15) is 10.4 Å². The number of nitrogens with zero attached hydrogens (tertiary/aromatic N) is 3. The summed E-state index contributed by atoms with van der Waals surface area (Å²) in [7, 11) is 1.87. The van der Waals surface area contributed by atoms with E-state index in [2.05, 4.69) is 34.4 Å². The van der Waals surface area contributed by atoms with Crippen LogP contribution in [0.1, 0.15) is 53.6 Å². The number of allylic oxidation sites excluding steroid dienone is 1. The Hall–Kier alpha value is -3.85. The van der Waals surface area contributed by atoms with Crippen LogP contribution in [0.2, 0.25) is 0 Å². The molecule has 3 N–H and O–H groups in total. The van der Waals surface area contributed by atoms with Gasteiger partial charge in [0.25, 0.3) is 0 Å². The number of fused-ring (bicyclic) bond motifs is 1. The number of benzene rings is 2. The quantitative estimate of drug-likeness (QED) is 0.464. The van der Waals surface area contributed by atoms with E-state index in [4.69, 9.17) is 5.41 Å². The molecule has 6 heteroatoms. The van der Waals surface area contributed by atoms with Gasteiger partial charge in [-0.15, -0.1) is 0 Å². The van der Waals surface area contributed by atoms with Crippen LogP contribution in [-0.2, 0) is 13.5 Å². The molecule has 1 heterocycles. The predicted octanol–water partition coefficient (Wildman–Crippen LogP) is 5.56. The van der Waals surface area contributed by atoms with Gasteiger partial charge in [-0.3, -0.25) is 4.68 Å². The largest absolute Gasteiger partial charge is 0.378 e. The molecule has 1 aliphatic rings. The number of aromatic nitrogens is 2. The van der Waals surface area contributed by atoms with E-state index >= 15 is 0 Å². The summed E-state index contributed by atoms with van der Waals surface area (Å²) in [5.74, 6) is 0. The average molecular weight is 411 g/mol. The van der Waals surface area contributed by atoms with E-state index in [1.54, 1.807) is 10.9 Å². The highest BCUT2D eigenvalue weighted by Crippen LogP contribution is 2.38. The number of aryl methyl sites for hydroxylation is 1. The van der Waals surface area contributed by atoms with Crippen LogP contribution in [0.4, 0.5) is 17.1 Å². The van der Waals surface area contributed by atoms with Gasteiger partial charge in [0.05, 0.1) is 29.6 Å². The van der Waals surface area contributed by atoms with Crippen molar-refractivity contribution in [3.63, 3.8) is 0 Å². The van der Waals surface area contributed by atoms with Gasteiger partial charge in [0.15, 0.2) is 0 Å². The van der Waals surface area contributed by atoms with Crippen molar-refractivity contribution in [1.82, 2.24) is 9.78 Å². The lowest BCUT2D eigenvalue weighted by molar-refractivity contribution is 0.599. The lowest BCUT2D eigenvalue weighted by Gasteiger charge is -2.30. The fraction of sp³-hybridized carbons (Fsp3) is 0.240. The van der Waals surface area contributed by atoms with Gasteiger partial charge in [-0.1, -0.05) is 12.6 Å². The van der Waals surface area contributed by atoms with Gasteiger partial charge < -0.3 is 16.0 Å². The van der Waals surface area contributed by atoms with Crippen LogP contribution >= 0.6 is 0 Å². The summed E-state index contributed by atoms with van der Waals surface area (Å²) in [6.45, 7) is 6.09. The second-order valence-corrected chi connectivity index (χ2v) is 8.01. The monoisotopic (exact) mass is 410 g/mol. The van der Waals surface area contributed by atoms with Crippen LogP contribution in [0.25, 0.3) is 5.57 Å². The highest BCUT2D eigenvalue weighted by atomic mass is 15.3. The first-order chi connectivity index (χ1) is 15.0. The van der Waals surface area contributed by atoms with Crippen molar-refractivity contribution in [2.75, 3.05) is 10.6 Å². The molecule has 0 fully saturated rings. The molecule has 0 saturated heterocycles. The van der Waals surface area contributed by atoms with Crippen molar-refractivity contribution in [1.29, 1.82) is 10.7 Å². The summed E-state index contributed by atoms with van der Waals surface area (Å²) in [6.07, 6.45) is 8.05. The first-order valence-electron chi connectivity index (χ1n) is 10.4. The maximum absolute atomic E-state index is 9.53. The highest BCUT2D eigenvalue weighted by Gasteiger charge is 2.24. The second kappa shape index (κ2) is 8.49. The van der Waals surface area contributed by atoms with Crippen LogP contribution in [0, 0.1) is 16.7 Å². The lowest BCUT2D eigenvalue weighted by Crippen LogP contribution is -2.19. The van der Waals surface area contributed by atoms with Crippen LogP contribution in [0.15, 0.2) is 49.3 Å². The summed E-state index contributed by atoms with van der Waals surface area (Å²) in [5, 5.41) is 28.5. The van der Waals surface area contributed by atoms with Crippen LogP contribution < -0.4 is 10.6 Å². The molecule has 0 unspecified atom stereocenters. The molecule has 0 saturated carbocycles. The molecule has 0 spiro atoms. The number of nitrogens with one attached hydrogen (secondary N) is 3. The van der Waals surface area contributed by atoms with Gasteiger partial charge in [-0.25, -0.2) is 0 Å². The van der Waals surface area contributed by atoms with Crippen molar-refractivity contribution in [2.45, 2.75) is 32.2 Å². The smallest absolute Gasteiger partial charge is 0.0998 e. The maximum atomic E-state index is 9.53. The van der Waals surface area contributed by atoms with Gasteiger partial charge in [0.2, 0.25) is 0 Å². The number of hydrogen-bond acceptors (Lipinski definition) is 5. The Labute approximate surface area is 182 Å². The van der Waals surface area contributed by atoms with E-state index in [9.17, 15) is 5.26 Å². The second-order valence-electron chi connectivity index (χ2n) is 8.01. The van der Waals surface area contributed by atoms with Gasteiger partial charge >= 0.3 is 0 Å². The summed E-state index contributed by atoms with van der Waals surface area (Å²) >= 11 is 0. The minimum absolute atomic E-state index is 0.159. The summed E-state index contributed by atoms with van der Waals surface area (Å²) in [5.41, 5.74) is 8.63. The van der Waals surface area contributed by atoms with Gasteiger partial charge in [0.1, 0.15) is 0 Å². The van der Waals surface area contributed by atoms with Crippen LogP contribution in [-0.4, -0.2) is 16.0 Å². The number of nitriles is 1. The number of rotatable bonds is 6. The van der Waals surface area contributed by atoms with E-state index in [1.165, 1.54) is 17.3 Å². The maximum Gasteiger partial charge on any atom is 0.0998 e. The fourth-order valence-corrected chi connectivity index (χ4v) is 4.35. The first-order valence-corrected chi connectivity index (χ1v) is 10.4. The van der Waals surface area contributed by atoms with E-state index in [-0.39, 0.29) is 6.04 Å². The molecule has 2 aromatic carbocycles. The van der Waals surface area contributed by atoms with Gasteiger partial charge in [-0.05, 0) is 72.7 Å². The predicted molar refractivity (Wildman–Crippen MR) is 126 cm³/mol. The Bertz CT molecular complexity index is 1200. The van der Waals surface area contributed by atoms with Crippen molar-refractivity contribution in [3.05, 3.63) is 77.1 Å². The Morgan fingerprint density at radius 1 is 1.32 bits per heavy atom. The third-order valence-corrected chi connectivity index (χ3v) is 5.72. The zero-order valence-corrected chi connectivity index (χ0v) is 17.9. The number of hydrogen-bond donors (Lipinski definition) is 3. The standard InChI is InChI=1S/C25H26N6/c1-16(2)25-18(13-27)8-10-21-22(25)5-4-6-23(21)29-19-9-7-17(12-26)24(11-19)30-20-14-28-31(3)15-20/h7-12,14-15,23,26,29-30H,1,4-6H2,2-3H3/t23-/m1/s1. The van der Waals surface area contributed by atoms with Crippen molar-refractivity contribution in [3.8, 4) is 6.07 Å². The molecule has 1 aromatic heterocycles. The molecule has 0 aliphatic heterocycles. The molecule has 1 atom stereocenters. The molecule has 31 heavy (non-hydrogen) atoms. The molecule has 3 aromatic rings. The third-order valence-electron chi connectivity index (χ3n) is 5.72. The van der Waals surface area contributed by atoms with Crippen LogP contribution in [0.3, 0.4) is 0 Å². The summed E-state index contributed by atoms with van der Waals surface area (Å²) in [4.78, 5) is 0. The van der Waals surface area contributed by atoms with E-state index in [1.807, 2.05) is 44.4 Å². The van der Waals surface area contributed by atoms with E-state index in [0.29, 0.717) is 5.56 Å². The molecule has 0 amide bonds. The topological polar surface area (TPSA) is 89.5 Å². The SMILES string of the molecule is C=C(C)c1c(C#N)ccc2c1CCC[C@H]2Nc1ccc(C=N)c(Nc2cnn(C)c2)c1. The van der Waals surface area contributed by atoms with E-state index in [0.717, 1.165) is 53.0 Å². The minimum Gasteiger partial charge on any atom is -0.378 e. The van der Waals surface area contributed by atoms with E-state index < -0.39 is 0 Å². The van der Waals surface area contributed by atoms with Crippen molar-refractivity contribution >= 4 is 28.8 Å². The molecule has 156 valence electrons. The molecular formula is C25H26N6. The fourth-order valence-electron chi connectivity index (χ4n) is 4.35. The third kappa shape index (κ3) is 4.08. The molecule has 4 rings (SSSR count). The molecule has 1 aliphatic carbocycles. The van der Waals surface area contributed by atoms with Crippen molar-refractivity contribution < 1.29 is 0 Å². The Morgan fingerprint density at radius 2 is 2.16 bits per heavy atom. The first kappa shape index (κ1) is 20.4. The van der Waals surface area contributed by atoms with Crippen molar-refractivity contribution in [2.24, 2.45) is 7.05 Å². The molecule has 6 nitrogen and oxygen atoms in total. The lowest BCUT2D eigenvalue weighted by atomic mass is 9.81. The molecule has 0 radical (unpaired) electrons. The minimum atomic E-state index is 0.159. The number of anilines is 3. The van der Waals surface area contributed by atoms with Gasteiger partial charge in [0, 0.05) is 36.4 Å². The molecule has 0 bridgehead atoms. The Kier molecular flexibility index (Phi) is 5.59. The average Bonchev–Trinajstić information content (AvgIpc) is 3.17. The summed E-state index contributed by atoms with van der Waals surface area (Å²) < 4.78 is 1.74. The highest BCUT2D eigenvalue weighted by molar-refractivity contribution is 5.89. The summed E-state index contributed by atoms with van der Waals surface area (Å²) in [6, 6.07) is 12.5. The zero-order valence-electron chi connectivity index (χ0n) is 17.9. The van der Waals surface area contributed by atoms with Crippen LogP contribution in [0.5, 0.6) is 0 Å². The normalized spacial score (nSPS) is 14.9. The Balaban J connectivity index is 1.66. The Morgan fingerprint density at radius 3 is 2.84 bits per heavy atom.